The van der Waals surface area contributed by atoms with Crippen LogP contribution < -0.4 is 11.1 Å². The van der Waals surface area contributed by atoms with Crippen LogP contribution in [0.1, 0.15) is 10.4 Å². The maximum atomic E-state index is 12.0. The van der Waals surface area contributed by atoms with Crippen molar-refractivity contribution in [1.29, 1.82) is 0 Å². The molecule has 8 nitrogen and oxygen atoms in total. The molecule has 0 aliphatic rings. The number of aromatic nitrogens is 2. The molecule has 1 aromatic heterocycles. The maximum absolute atomic E-state index is 12.0. The zero-order valence-electron chi connectivity index (χ0n) is 10.0. The smallest absolute Gasteiger partial charge is 0.304 e. The minimum atomic E-state index is -0.673. The highest BCUT2D eigenvalue weighted by molar-refractivity contribution is 6.08. The van der Waals surface area contributed by atoms with Gasteiger partial charge in [-0.05, 0) is 12.1 Å². The molecule has 0 saturated carbocycles. The Morgan fingerprint density at radius 3 is 2.84 bits per heavy atom. The minimum Gasteiger partial charge on any atom is -0.393 e. The molecular weight excluding hydrogens is 250 g/mol. The van der Waals surface area contributed by atoms with Gasteiger partial charge in [0.2, 0.25) is 0 Å². The Hall–Kier alpha value is -2.90. The summed E-state index contributed by atoms with van der Waals surface area (Å²) in [5.74, 6) is -0.605. The average molecular weight is 261 g/mol. The summed E-state index contributed by atoms with van der Waals surface area (Å²) in [6.07, 6.45) is 3.02. The number of nitrogens with zero attached hydrogens (tertiary/aromatic N) is 3. The summed E-state index contributed by atoms with van der Waals surface area (Å²) < 4.78 is 1.50. The second kappa shape index (κ2) is 4.77. The van der Waals surface area contributed by atoms with Gasteiger partial charge in [0, 0.05) is 13.2 Å². The molecule has 0 aliphatic carbocycles. The van der Waals surface area contributed by atoms with E-state index in [9.17, 15) is 14.9 Å². The van der Waals surface area contributed by atoms with Gasteiger partial charge in [-0.3, -0.25) is 19.6 Å². The number of carbonyl (C=O) groups is 1. The largest absolute Gasteiger partial charge is 0.393 e. The van der Waals surface area contributed by atoms with E-state index in [1.807, 2.05) is 0 Å². The molecule has 0 unspecified atom stereocenters. The molecular formula is C11H11N5O3. The van der Waals surface area contributed by atoms with Crippen molar-refractivity contribution in [3.8, 4) is 0 Å². The number of hydrogen-bond acceptors (Lipinski definition) is 5. The van der Waals surface area contributed by atoms with Crippen LogP contribution in [0.5, 0.6) is 0 Å². The number of nitrogen functional groups attached to an aromatic ring is 1. The van der Waals surface area contributed by atoms with E-state index < -0.39 is 16.5 Å². The molecule has 0 saturated heterocycles. The number of nitro benzene ring substituents is 1. The second-order valence-corrected chi connectivity index (χ2v) is 3.86. The Balaban J connectivity index is 2.34. The van der Waals surface area contributed by atoms with Gasteiger partial charge in [0.25, 0.3) is 5.91 Å². The Labute approximate surface area is 108 Å². The number of rotatable bonds is 3. The van der Waals surface area contributed by atoms with Gasteiger partial charge in [-0.1, -0.05) is 6.07 Å². The summed E-state index contributed by atoms with van der Waals surface area (Å²) in [5.41, 5.74) is 5.43. The first-order chi connectivity index (χ1) is 8.99. The van der Waals surface area contributed by atoms with Crippen molar-refractivity contribution in [3.63, 3.8) is 0 Å². The van der Waals surface area contributed by atoms with Crippen molar-refractivity contribution in [1.82, 2.24) is 9.78 Å². The van der Waals surface area contributed by atoms with Crippen molar-refractivity contribution in [3.05, 3.63) is 46.3 Å². The fraction of sp³-hybridized carbons (Fsp3) is 0.0909. The van der Waals surface area contributed by atoms with Gasteiger partial charge in [0.15, 0.2) is 0 Å². The molecule has 0 bridgehead atoms. The molecule has 0 radical (unpaired) electrons. The normalized spacial score (nSPS) is 10.2. The third-order valence-corrected chi connectivity index (χ3v) is 2.46. The number of nitro groups is 1. The van der Waals surface area contributed by atoms with Gasteiger partial charge in [-0.15, -0.1) is 0 Å². The van der Waals surface area contributed by atoms with Crippen molar-refractivity contribution in [2.45, 2.75) is 0 Å². The van der Waals surface area contributed by atoms with E-state index in [1.54, 1.807) is 13.2 Å². The number of para-hydroxylation sites is 1. The van der Waals surface area contributed by atoms with Crippen molar-refractivity contribution < 1.29 is 9.72 Å². The van der Waals surface area contributed by atoms with Crippen molar-refractivity contribution in [2.75, 3.05) is 11.1 Å². The van der Waals surface area contributed by atoms with Crippen LogP contribution >= 0.6 is 0 Å². The fourth-order valence-corrected chi connectivity index (χ4v) is 1.63. The molecule has 98 valence electrons. The second-order valence-electron chi connectivity index (χ2n) is 3.86. The van der Waals surface area contributed by atoms with Crippen LogP contribution in [0.3, 0.4) is 0 Å². The van der Waals surface area contributed by atoms with Crippen LogP contribution in [0.25, 0.3) is 0 Å². The predicted molar refractivity (Wildman–Crippen MR) is 68.7 cm³/mol. The first kappa shape index (κ1) is 12.6. The molecule has 0 spiro atoms. The molecule has 0 atom stereocenters. The number of nitrogens with one attached hydrogen (secondary N) is 1. The Morgan fingerprint density at radius 1 is 1.53 bits per heavy atom. The minimum absolute atomic E-state index is 0.0520. The fourth-order valence-electron chi connectivity index (χ4n) is 1.63. The van der Waals surface area contributed by atoms with Gasteiger partial charge in [0.1, 0.15) is 11.3 Å². The molecule has 0 fully saturated rings. The van der Waals surface area contributed by atoms with Gasteiger partial charge in [0.05, 0.1) is 16.8 Å². The van der Waals surface area contributed by atoms with Crippen LogP contribution in [-0.2, 0) is 7.05 Å². The summed E-state index contributed by atoms with van der Waals surface area (Å²) in [6, 6.07) is 4.21. The quantitative estimate of drug-likeness (QED) is 0.488. The molecule has 19 heavy (non-hydrogen) atoms. The molecule has 2 aromatic rings. The van der Waals surface area contributed by atoms with E-state index >= 15 is 0 Å². The number of amides is 1. The third kappa shape index (κ3) is 2.51. The lowest BCUT2D eigenvalue weighted by atomic mass is 10.1. The van der Waals surface area contributed by atoms with E-state index in [2.05, 4.69) is 10.4 Å². The third-order valence-electron chi connectivity index (χ3n) is 2.46. The summed E-state index contributed by atoms with van der Waals surface area (Å²) in [6.45, 7) is 0. The summed E-state index contributed by atoms with van der Waals surface area (Å²) >= 11 is 0. The lowest BCUT2D eigenvalue weighted by Gasteiger charge is -2.05. The topological polar surface area (TPSA) is 116 Å². The van der Waals surface area contributed by atoms with Crippen molar-refractivity contribution >= 4 is 23.0 Å². The van der Waals surface area contributed by atoms with E-state index in [0.29, 0.717) is 5.69 Å². The molecule has 1 aromatic carbocycles. The van der Waals surface area contributed by atoms with Gasteiger partial charge in [-0.2, -0.15) is 5.10 Å². The maximum Gasteiger partial charge on any atom is 0.304 e. The number of anilines is 2. The standard InChI is InChI=1S/C11H11N5O3/c1-15-6-7(5-13-15)14-11(17)8-3-2-4-9(12)10(8)16(18)19/h2-6H,12H2,1H3,(H,14,17). The van der Waals surface area contributed by atoms with E-state index in [-0.39, 0.29) is 11.3 Å². The zero-order valence-corrected chi connectivity index (χ0v) is 10.0. The van der Waals surface area contributed by atoms with Gasteiger partial charge < -0.3 is 11.1 Å². The summed E-state index contributed by atoms with van der Waals surface area (Å²) in [5, 5.41) is 17.3. The lowest BCUT2D eigenvalue weighted by molar-refractivity contribution is -0.384. The van der Waals surface area contributed by atoms with Crippen LogP contribution in [0.4, 0.5) is 17.1 Å². The average Bonchev–Trinajstić information content (AvgIpc) is 2.73. The Morgan fingerprint density at radius 2 is 2.26 bits per heavy atom. The zero-order chi connectivity index (χ0) is 14.0. The van der Waals surface area contributed by atoms with E-state index in [4.69, 9.17) is 5.73 Å². The Bertz CT molecular complexity index is 650. The predicted octanol–water partition coefficient (Wildman–Crippen LogP) is 1.16. The Kier molecular flexibility index (Phi) is 3.15. The molecule has 0 aliphatic heterocycles. The van der Waals surface area contributed by atoms with E-state index in [1.165, 1.54) is 29.1 Å². The van der Waals surface area contributed by atoms with Crippen LogP contribution in [0, 0.1) is 10.1 Å². The highest BCUT2D eigenvalue weighted by Gasteiger charge is 2.23. The first-order valence-electron chi connectivity index (χ1n) is 5.32. The number of carbonyl (C=O) groups excluding carboxylic acids is 1. The first-order valence-corrected chi connectivity index (χ1v) is 5.32. The highest BCUT2D eigenvalue weighted by Crippen LogP contribution is 2.26. The number of hydrogen-bond donors (Lipinski definition) is 2. The number of nitrogens with two attached hydrogens (primary N) is 1. The molecule has 3 N–H and O–H groups in total. The van der Waals surface area contributed by atoms with E-state index in [0.717, 1.165) is 0 Å². The van der Waals surface area contributed by atoms with Crippen LogP contribution in [0.2, 0.25) is 0 Å². The van der Waals surface area contributed by atoms with Crippen molar-refractivity contribution in [2.24, 2.45) is 7.05 Å². The van der Waals surface area contributed by atoms with Gasteiger partial charge in [-0.25, -0.2) is 0 Å². The number of aryl methyl sites for hydroxylation is 1. The van der Waals surface area contributed by atoms with Crippen LogP contribution in [0.15, 0.2) is 30.6 Å². The molecule has 1 amide bonds. The summed E-state index contributed by atoms with van der Waals surface area (Å²) in [4.78, 5) is 22.3. The number of benzene rings is 1. The molecule has 8 heteroatoms. The molecule has 1 heterocycles. The summed E-state index contributed by atoms with van der Waals surface area (Å²) in [7, 11) is 1.69. The highest BCUT2D eigenvalue weighted by atomic mass is 16.6. The lowest BCUT2D eigenvalue weighted by Crippen LogP contribution is -2.14. The monoisotopic (exact) mass is 261 g/mol. The molecule has 2 rings (SSSR count). The SMILES string of the molecule is Cn1cc(NC(=O)c2cccc(N)c2[N+](=O)[O-])cn1. The van der Waals surface area contributed by atoms with Crippen LogP contribution in [-0.4, -0.2) is 20.6 Å². The van der Waals surface area contributed by atoms with Gasteiger partial charge >= 0.3 is 5.69 Å².